The van der Waals surface area contributed by atoms with Crippen molar-refractivity contribution in [1.29, 1.82) is 0 Å². The van der Waals surface area contributed by atoms with E-state index in [1.165, 1.54) is 0 Å². The Bertz CT molecular complexity index is 956. The molecule has 2 fully saturated rings. The van der Waals surface area contributed by atoms with Crippen molar-refractivity contribution in [1.82, 2.24) is 9.88 Å². The standard InChI is InChI=1S/C22H23F3N2O5/c1-15-12-16(5-6-17(15)29-10-11-31-22(23,24)25)20(28)27-9-7-21(18-4-2-3-8-26-18)19(13-27)30-14-32-21/h2-6,8,12,19H,7,9-11,13-14H2,1H3. The number of nitrogens with zero attached hydrogens (tertiary/aromatic N) is 2. The number of hydrogen-bond donors (Lipinski definition) is 0. The number of likely N-dealkylation sites (tertiary alicyclic amines) is 1. The number of hydrogen-bond acceptors (Lipinski definition) is 6. The zero-order chi connectivity index (χ0) is 22.8. The van der Waals surface area contributed by atoms with Gasteiger partial charge >= 0.3 is 6.36 Å². The van der Waals surface area contributed by atoms with Crippen molar-refractivity contribution >= 4 is 5.91 Å². The molecule has 1 amide bonds. The van der Waals surface area contributed by atoms with Crippen LogP contribution in [0.5, 0.6) is 5.75 Å². The van der Waals surface area contributed by atoms with Gasteiger partial charge in [0.05, 0.1) is 18.8 Å². The van der Waals surface area contributed by atoms with E-state index in [9.17, 15) is 18.0 Å². The summed E-state index contributed by atoms with van der Waals surface area (Å²) in [5.74, 6) is 0.234. The van der Waals surface area contributed by atoms with Crippen LogP contribution < -0.4 is 4.74 Å². The maximum atomic E-state index is 13.1. The second kappa shape index (κ2) is 9.05. The molecule has 2 aromatic rings. The van der Waals surface area contributed by atoms with E-state index in [2.05, 4.69) is 9.72 Å². The van der Waals surface area contributed by atoms with Crippen LogP contribution in [0.4, 0.5) is 13.2 Å². The summed E-state index contributed by atoms with van der Waals surface area (Å²) in [6.45, 7) is 1.84. The van der Waals surface area contributed by atoms with Crippen molar-refractivity contribution in [2.75, 3.05) is 33.1 Å². The van der Waals surface area contributed by atoms with E-state index in [0.29, 0.717) is 36.4 Å². The van der Waals surface area contributed by atoms with Gasteiger partial charge in [-0.1, -0.05) is 6.07 Å². The van der Waals surface area contributed by atoms with Crippen LogP contribution in [0.2, 0.25) is 0 Å². The minimum absolute atomic E-state index is 0.145. The van der Waals surface area contributed by atoms with Crippen LogP contribution in [0.3, 0.4) is 0 Å². The van der Waals surface area contributed by atoms with Gasteiger partial charge in [-0.2, -0.15) is 0 Å². The highest BCUT2D eigenvalue weighted by atomic mass is 19.4. The minimum Gasteiger partial charge on any atom is -0.491 e. The van der Waals surface area contributed by atoms with Crippen molar-refractivity contribution in [2.24, 2.45) is 0 Å². The van der Waals surface area contributed by atoms with Gasteiger partial charge in [-0.25, -0.2) is 0 Å². The minimum atomic E-state index is -4.69. The average molecular weight is 452 g/mol. The molecular weight excluding hydrogens is 429 g/mol. The Morgan fingerprint density at radius 3 is 2.84 bits per heavy atom. The predicted molar refractivity (Wildman–Crippen MR) is 106 cm³/mol. The highest BCUT2D eigenvalue weighted by molar-refractivity contribution is 5.94. The molecule has 2 aliphatic heterocycles. The Hall–Kier alpha value is -2.69. The number of ether oxygens (including phenoxy) is 4. The first-order chi connectivity index (χ1) is 15.3. The third-order valence-corrected chi connectivity index (χ3v) is 5.66. The second-order valence-electron chi connectivity index (χ2n) is 7.65. The zero-order valence-corrected chi connectivity index (χ0v) is 17.4. The van der Waals surface area contributed by atoms with Crippen molar-refractivity contribution in [2.45, 2.75) is 31.4 Å². The molecule has 172 valence electrons. The summed E-state index contributed by atoms with van der Waals surface area (Å²) < 4.78 is 56.9. The number of halogens is 3. The fraction of sp³-hybridized carbons (Fsp3) is 0.455. The summed E-state index contributed by atoms with van der Waals surface area (Å²) in [5, 5.41) is 0. The molecule has 0 N–H and O–H groups in total. The molecule has 32 heavy (non-hydrogen) atoms. The number of carbonyl (C=O) groups excluding carboxylic acids is 1. The monoisotopic (exact) mass is 452 g/mol. The average Bonchev–Trinajstić information content (AvgIpc) is 3.21. The molecule has 7 nitrogen and oxygen atoms in total. The van der Waals surface area contributed by atoms with E-state index in [0.717, 1.165) is 5.69 Å². The highest BCUT2D eigenvalue weighted by Gasteiger charge is 2.52. The lowest BCUT2D eigenvalue weighted by Gasteiger charge is -2.41. The van der Waals surface area contributed by atoms with Crippen molar-refractivity contribution < 1.29 is 36.9 Å². The molecule has 0 bridgehead atoms. The van der Waals surface area contributed by atoms with Gasteiger partial charge < -0.3 is 19.1 Å². The fourth-order valence-electron chi connectivity index (χ4n) is 4.08. The second-order valence-corrected chi connectivity index (χ2v) is 7.65. The van der Waals surface area contributed by atoms with Gasteiger partial charge in [-0.3, -0.25) is 14.5 Å². The zero-order valence-electron chi connectivity index (χ0n) is 17.4. The number of aryl methyl sites for hydroxylation is 1. The molecule has 3 heterocycles. The Balaban J connectivity index is 1.39. The molecule has 0 spiro atoms. The largest absolute Gasteiger partial charge is 0.522 e. The lowest BCUT2D eigenvalue weighted by atomic mass is 9.85. The molecule has 0 saturated carbocycles. The van der Waals surface area contributed by atoms with Gasteiger partial charge in [0.1, 0.15) is 30.9 Å². The molecular formula is C22H23F3N2O5. The summed E-state index contributed by atoms with van der Waals surface area (Å²) >= 11 is 0. The smallest absolute Gasteiger partial charge is 0.491 e. The van der Waals surface area contributed by atoms with Crippen LogP contribution in [0, 0.1) is 6.92 Å². The molecule has 1 aromatic carbocycles. The van der Waals surface area contributed by atoms with E-state index in [4.69, 9.17) is 14.2 Å². The van der Waals surface area contributed by atoms with Gasteiger partial charge in [0.15, 0.2) is 0 Å². The first kappa shape index (κ1) is 22.5. The number of rotatable bonds is 6. The van der Waals surface area contributed by atoms with E-state index < -0.39 is 18.6 Å². The Morgan fingerprint density at radius 2 is 2.12 bits per heavy atom. The SMILES string of the molecule is Cc1cc(C(=O)N2CCC3(c4ccccn4)OCOC3C2)ccc1OCCOC(F)(F)F. The third-order valence-electron chi connectivity index (χ3n) is 5.66. The maximum Gasteiger partial charge on any atom is 0.522 e. The number of piperidine rings is 1. The Labute approximate surface area is 183 Å². The first-order valence-corrected chi connectivity index (χ1v) is 10.2. The molecule has 10 heteroatoms. The van der Waals surface area contributed by atoms with Gasteiger partial charge in [0, 0.05) is 24.7 Å². The van der Waals surface area contributed by atoms with Crippen LogP contribution in [-0.4, -0.2) is 61.4 Å². The Morgan fingerprint density at radius 1 is 1.28 bits per heavy atom. The van der Waals surface area contributed by atoms with Crippen molar-refractivity contribution in [3.63, 3.8) is 0 Å². The maximum absolute atomic E-state index is 13.1. The summed E-state index contributed by atoms with van der Waals surface area (Å²) in [6, 6.07) is 10.5. The predicted octanol–water partition coefficient (Wildman–Crippen LogP) is 3.42. The molecule has 1 aromatic heterocycles. The first-order valence-electron chi connectivity index (χ1n) is 10.2. The van der Waals surface area contributed by atoms with Crippen LogP contribution in [0.15, 0.2) is 42.6 Å². The quantitative estimate of drug-likeness (QED) is 0.626. The molecule has 2 unspecified atom stereocenters. The lowest BCUT2D eigenvalue weighted by molar-refractivity contribution is -0.325. The van der Waals surface area contributed by atoms with Gasteiger partial charge in [0.2, 0.25) is 0 Å². The van der Waals surface area contributed by atoms with Gasteiger partial charge in [0.25, 0.3) is 5.91 Å². The lowest BCUT2D eigenvalue weighted by Crippen LogP contribution is -2.53. The van der Waals surface area contributed by atoms with Crippen LogP contribution in [-0.2, 0) is 19.8 Å². The highest BCUT2D eigenvalue weighted by Crippen LogP contribution is 2.41. The van der Waals surface area contributed by atoms with Crippen molar-refractivity contribution in [3.05, 3.63) is 59.4 Å². The van der Waals surface area contributed by atoms with Gasteiger partial charge in [-0.05, 0) is 42.8 Å². The van der Waals surface area contributed by atoms with E-state index in [-0.39, 0.29) is 25.4 Å². The number of amides is 1. The molecule has 0 aliphatic carbocycles. The number of carbonyl (C=O) groups is 1. The Kier molecular flexibility index (Phi) is 6.36. The number of aromatic nitrogens is 1. The summed E-state index contributed by atoms with van der Waals surface area (Å²) in [7, 11) is 0. The van der Waals surface area contributed by atoms with E-state index in [1.807, 2.05) is 18.2 Å². The summed E-state index contributed by atoms with van der Waals surface area (Å²) in [5.41, 5.74) is 1.24. The van der Waals surface area contributed by atoms with Crippen molar-refractivity contribution in [3.8, 4) is 5.75 Å². The molecule has 2 atom stereocenters. The number of benzene rings is 1. The van der Waals surface area contributed by atoms with Crippen LogP contribution in [0.25, 0.3) is 0 Å². The molecule has 2 saturated heterocycles. The molecule has 4 rings (SSSR count). The molecule has 2 aliphatic rings. The van der Waals surface area contributed by atoms with Gasteiger partial charge in [-0.15, -0.1) is 13.2 Å². The third kappa shape index (κ3) is 4.72. The number of alkyl halides is 3. The van der Waals surface area contributed by atoms with E-state index in [1.54, 1.807) is 36.2 Å². The normalized spacial score (nSPS) is 23.1. The molecule has 0 radical (unpaired) electrons. The summed E-state index contributed by atoms with van der Waals surface area (Å²) in [4.78, 5) is 19.2. The number of pyridine rings is 1. The summed E-state index contributed by atoms with van der Waals surface area (Å²) in [6.07, 6.45) is -2.75. The fourth-order valence-corrected chi connectivity index (χ4v) is 4.08. The van der Waals surface area contributed by atoms with E-state index >= 15 is 0 Å². The van der Waals surface area contributed by atoms with Crippen LogP contribution >= 0.6 is 0 Å². The topological polar surface area (TPSA) is 70.1 Å². The number of fused-ring (bicyclic) bond motifs is 1. The van der Waals surface area contributed by atoms with Crippen LogP contribution in [0.1, 0.15) is 28.0 Å².